The zero-order valence-corrected chi connectivity index (χ0v) is 16.5. The van der Waals surface area contributed by atoms with Crippen LogP contribution in [0, 0.1) is 0 Å². The molecule has 0 unspecified atom stereocenters. The monoisotopic (exact) mass is 422 g/mol. The van der Waals surface area contributed by atoms with Gasteiger partial charge in [0.05, 0.1) is 5.69 Å². The van der Waals surface area contributed by atoms with E-state index >= 15 is 0 Å². The van der Waals surface area contributed by atoms with Crippen molar-refractivity contribution in [2.45, 2.75) is 13.5 Å². The number of aromatic nitrogens is 5. The van der Waals surface area contributed by atoms with Crippen LogP contribution in [0.4, 0.5) is 5.69 Å². The standard InChI is InChI=1S/C20H15ClN6O3/c1-12(28)13-5-7-15(8-6-13)23-17(29)10-26-11-22-19-18(20(26)30)24-25-27(19)16-4-2-3-14(21)9-16/h2-9,11H,10H2,1H3,(H,23,29). The molecule has 0 fully saturated rings. The summed E-state index contributed by atoms with van der Waals surface area (Å²) in [5.41, 5.74) is 1.48. The molecule has 2 aromatic carbocycles. The van der Waals surface area contributed by atoms with Crippen LogP contribution in [0.15, 0.2) is 59.7 Å². The number of anilines is 1. The van der Waals surface area contributed by atoms with E-state index < -0.39 is 11.5 Å². The maximum absolute atomic E-state index is 12.7. The molecule has 4 aromatic rings. The SMILES string of the molecule is CC(=O)c1ccc(NC(=O)Cn2cnc3c(nnn3-c3cccc(Cl)c3)c2=O)cc1. The Kier molecular flexibility index (Phi) is 5.11. The number of amides is 1. The second-order valence-electron chi connectivity index (χ2n) is 6.51. The number of carbonyl (C=O) groups excluding carboxylic acids is 2. The Bertz CT molecular complexity index is 1330. The number of hydrogen-bond acceptors (Lipinski definition) is 6. The second kappa shape index (κ2) is 7.88. The van der Waals surface area contributed by atoms with Crippen molar-refractivity contribution in [2.24, 2.45) is 0 Å². The Morgan fingerprint density at radius 2 is 1.90 bits per heavy atom. The average Bonchev–Trinajstić information content (AvgIpc) is 3.15. The van der Waals surface area contributed by atoms with Gasteiger partial charge in [-0.1, -0.05) is 22.9 Å². The number of carbonyl (C=O) groups is 2. The molecule has 1 amide bonds. The van der Waals surface area contributed by atoms with Gasteiger partial charge < -0.3 is 5.32 Å². The first-order chi connectivity index (χ1) is 14.4. The van der Waals surface area contributed by atoms with Crippen LogP contribution in [0.5, 0.6) is 0 Å². The summed E-state index contributed by atoms with van der Waals surface area (Å²) in [6.45, 7) is 1.21. The molecule has 10 heteroatoms. The van der Waals surface area contributed by atoms with Gasteiger partial charge in [0.15, 0.2) is 16.9 Å². The number of nitrogens with one attached hydrogen (secondary N) is 1. The Labute approximate surface area is 174 Å². The summed E-state index contributed by atoms with van der Waals surface area (Å²) in [6.07, 6.45) is 1.27. The molecular weight excluding hydrogens is 408 g/mol. The lowest BCUT2D eigenvalue weighted by atomic mass is 10.1. The highest BCUT2D eigenvalue weighted by Gasteiger charge is 2.15. The number of Topliss-reactive ketones (excluding diaryl/α,β-unsaturated/α-hetero) is 1. The molecule has 2 aromatic heterocycles. The van der Waals surface area contributed by atoms with Gasteiger partial charge in [-0.15, -0.1) is 5.10 Å². The highest BCUT2D eigenvalue weighted by molar-refractivity contribution is 6.30. The molecule has 0 bridgehead atoms. The highest BCUT2D eigenvalue weighted by Crippen LogP contribution is 2.16. The van der Waals surface area contributed by atoms with Gasteiger partial charge in [0, 0.05) is 16.3 Å². The molecular formula is C20H15ClN6O3. The average molecular weight is 423 g/mol. The second-order valence-corrected chi connectivity index (χ2v) is 6.95. The molecule has 0 saturated carbocycles. The van der Waals surface area contributed by atoms with Crippen molar-refractivity contribution in [3.8, 4) is 5.69 Å². The fourth-order valence-electron chi connectivity index (χ4n) is 2.88. The van der Waals surface area contributed by atoms with Gasteiger partial charge in [-0.05, 0) is 49.4 Å². The molecule has 30 heavy (non-hydrogen) atoms. The minimum Gasteiger partial charge on any atom is -0.325 e. The third-order valence-electron chi connectivity index (χ3n) is 4.37. The first kappa shape index (κ1) is 19.5. The van der Waals surface area contributed by atoms with E-state index in [2.05, 4.69) is 20.6 Å². The molecule has 0 radical (unpaired) electrons. The third kappa shape index (κ3) is 3.83. The summed E-state index contributed by atoms with van der Waals surface area (Å²) in [5, 5.41) is 11.1. The van der Waals surface area contributed by atoms with Crippen LogP contribution >= 0.6 is 11.6 Å². The molecule has 0 saturated heterocycles. The van der Waals surface area contributed by atoms with Crippen LogP contribution in [0.25, 0.3) is 16.9 Å². The number of fused-ring (bicyclic) bond motifs is 1. The molecule has 0 atom stereocenters. The van der Waals surface area contributed by atoms with Crippen LogP contribution in [0.2, 0.25) is 5.02 Å². The summed E-state index contributed by atoms with van der Waals surface area (Å²) in [7, 11) is 0. The number of rotatable bonds is 5. The molecule has 0 spiro atoms. The van der Waals surface area contributed by atoms with E-state index in [4.69, 9.17) is 11.6 Å². The predicted molar refractivity (Wildman–Crippen MR) is 111 cm³/mol. The van der Waals surface area contributed by atoms with Crippen LogP contribution in [-0.2, 0) is 11.3 Å². The van der Waals surface area contributed by atoms with Crippen molar-refractivity contribution < 1.29 is 9.59 Å². The van der Waals surface area contributed by atoms with Crippen molar-refractivity contribution in [3.05, 3.63) is 75.8 Å². The van der Waals surface area contributed by atoms with Crippen molar-refractivity contribution in [3.63, 3.8) is 0 Å². The summed E-state index contributed by atoms with van der Waals surface area (Å²) in [6, 6.07) is 13.4. The van der Waals surface area contributed by atoms with Crippen LogP contribution in [-0.4, -0.2) is 36.2 Å². The highest BCUT2D eigenvalue weighted by atomic mass is 35.5. The fourth-order valence-corrected chi connectivity index (χ4v) is 3.07. The molecule has 150 valence electrons. The van der Waals surface area contributed by atoms with Gasteiger partial charge >= 0.3 is 0 Å². The Hall–Kier alpha value is -3.85. The zero-order chi connectivity index (χ0) is 21.3. The van der Waals surface area contributed by atoms with Crippen molar-refractivity contribution >= 4 is 40.1 Å². The van der Waals surface area contributed by atoms with Crippen LogP contribution < -0.4 is 10.9 Å². The fraction of sp³-hybridized carbons (Fsp3) is 0.100. The number of halogens is 1. The van der Waals surface area contributed by atoms with E-state index in [1.807, 2.05) is 0 Å². The van der Waals surface area contributed by atoms with Gasteiger partial charge in [-0.2, -0.15) is 4.68 Å². The van der Waals surface area contributed by atoms with Gasteiger partial charge in [0.2, 0.25) is 5.91 Å². The van der Waals surface area contributed by atoms with Crippen molar-refractivity contribution in [1.29, 1.82) is 0 Å². The predicted octanol–water partition coefficient (Wildman–Crippen LogP) is 2.47. The topological polar surface area (TPSA) is 112 Å². The lowest BCUT2D eigenvalue weighted by molar-refractivity contribution is -0.116. The number of hydrogen-bond donors (Lipinski definition) is 1. The molecule has 2 heterocycles. The van der Waals surface area contributed by atoms with Crippen molar-refractivity contribution in [1.82, 2.24) is 24.5 Å². The van der Waals surface area contributed by atoms with Gasteiger partial charge in [0.1, 0.15) is 12.9 Å². The number of ketones is 1. The summed E-state index contributed by atoms with van der Waals surface area (Å²) < 4.78 is 2.56. The first-order valence-corrected chi connectivity index (χ1v) is 9.28. The smallest absolute Gasteiger partial charge is 0.284 e. The summed E-state index contributed by atoms with van der Waals surface area (Å²) in [5.74, 6) is -0.485. The van der Waals surface area contributed by atoms with Crippen LogP contribution in [0.3, 0.4) is 0 Å². The Morgan fingerprint density at radius 1 is 1.13 bits per heavy atom. The third-order valence-corrected chi connectivity index (χ3v) is 4.61. The van der Waals surface area contributed by atoms with E-state index in [-0.39, 0.29) is 23.5 Å². The largest absolute Gasteiger partial charge is 0.325 e. The summed E-state index contributed by atoms with van der Waals surface area (Å²) in [4.78, 5) is 40.6. The van der Waals surface area contributed by atoms with E-state index in [1.165, 1.54) is 17.9 Å². The molecule has 4 rings (SSSR count). The zero-order valence-electron chi connectivity index (χ0n) is 15.7. The van der Waals surface area contributed by atoms with E-state index in [1.54, 1.807) is 48.5 Å². The molecule has 0 aliphatic heterocycles. The van der Waals surface area contributed by atoms with E-state index in [0.29, 0.717) is 22.0 Å². The quantitative estimate of drug-likeness (QED) is 0.494. The maximum Gasteiger partial charge on any atom is 0.284 e. The van der Waals surface area contributed by atoms with Gasteiger partial charge in [-0.25, -0.2) is 4.98 Å². The molecule has 0 aliphatic carbocycles. The minimum absolute atomic E-state index is 0.0380. The Morgan fingerprint density at radius 3 is 2.60 bits per heavy atom. The normalized spacial score (nSPS) is 10.9. The Balaban J connectivity index is 1.56. The van der Waals surface area contributed by atoms with Gasteiger partial charge in [0.25, 0.3) is 5.56 Å². The molecule has 1 N–H and O–H groups in total. The molecule has 0 aliphatic rings. The van der Waals surface area contributed by atoms with Gasteiger partial charge in [-0.3, -0.25) is 19.0 Å². The first-order valence-electron chi connectivity index (χ1n) is 8.90. The van der Waals surface area contributed by atoms with E-state index in [0.717, 1.165) is 4.57 Å². The lowest BCUT2D eigenvalue weighted by Crippen LogP contribution is -2.28. The minimum atomic E-state index is -0.490. The van der Waals surface area contributed by atoms with E-state index in [9.17, 15) is 14.4 Å². The summed E-state index contributed by atoms with van der Waals surface area (Å²) >= 11 is 6.01. The lowest BCUT2D eigenvalue weighted by Gasteiger charge is -2.08. The number of benzene rings is 2. The molecule has 9 nitrogen and oxygen atoms in total. The maximum atomic E-state index is 12.7. The van der Waals surface area contributed by atoms with Crippen LogP contribution in [0.1, 0.15) is 17.3 Å². The van der Waals surface area contributed by atoms with Crippen molar-refractivity contribution in [2.75, 3.05) is 5.32 Å². The number of nitrogens with zero attached hydrogens (tertiary/aromatic N) is 5.